The van der Waals surface area contributed by atoms with E-state index < -0.39 is 47.4 Å². The number of nitrogens with two attached hydrogens (primary N) is 1. The van der Waals surface area contributed by atoms with Crippen molar-refractivity contribution in [2.75, 3.05) is 0 Å². The molecule has 2 aromatic carbocycles. The number of primary amides is 1. The smallest absolute Gasteiger partial charge is 0.295 e. The summed E-state index contributed by atoms with van der Waals surface area (Å²) < 4.78 is 66.2. The van der Waals surface area contributed by atoms with Crippen LogP contribution in [0.4, 0.5) is 11.4 Å². The molecule has 3 aromatic rings. The van der Waals surface area contributed by atoms with Crippen LogP contribution in [-0.4, -0.2) is 41.5 Å². The Bertz CT molecular complexity index is 1660. The van der Waals surface area contributed by atoms with E-state index in [0.29, 0.717) is 6.07 Å². The Hall–Kier alpha value is -3.66. The molecular weight excluding hydrogens is 492 g/mol. The second-order valence-corrected chi connectivity index (χ2v) is 9.87. The third-order valence-electron chi connectivity index (χ3n) is 4.93. The molecule has 0 saturated carbocycles. The van der Waals surface area contributed by atoms with Crippen LogP contribution in [0.1, 0.15) is 22.8 Å². The predicted octanol–water partition coefficient (Wildman–Crippen LogP) is 2.04. The summed E-state index contributed by atoms with van der Waals surface area (Å²) in [6.45, 7) is 2.88. The van der Waals surface area contributed by atoms with E-state index in [0.717, 1.165) is 16.7 Å². The van der Waals surface area contributed by atoms with Crippen molar-refractivity contribution in [2.45, 2.75) is 30.2 Å². The first-order chi connectivity index (χ1) is 15.7. The number of benzene rings is 2. The monoisotopic (exact) mass is 510 g/mol. The molecule has 0 bridgehead atoms. The highest BCUT2D eigenvalue weighted by Gasteiger charge is 2.23. The summed E-state index contributed by atoms with van der Waals surface area (Å²) in [6.07, 6.45) is 0. The maximum atomic E-state index is 12.7. The number of rotatable bonds is 6. The number of nitrogens with zero attached hydrogens (tertiary/aromatic N) is 3. The second-order valence-electron chi connectivity index (χ2n) is 7.06. The number of amides is 1. The number of carbonyl (C=O) groups excluding carboxylic acids is 1. The van der Waals surface area contributed by atoms with Gasteiger partial charge in [-0.2, -0.15) is 21.9 Å². The summed E-state index contributed by atoms with van der Waals surface area (Å²) in [5, 5.41) is 17.8. The quantitative estimate of drug-likeness (QED) is 0.281. The zero-order valence-electron chi connectivity index (χ0n) is 17.6. The van der Waals surface area contributed by atoms with Crippen LogP contribution < -0.4 is 11.3 Å². The lowest BCUT2D eigenvalue weighted by Gasteiger charge is -2.13. The summed E-state index contributed by atoms with van der Waals surface area (Å²) in [7, 11) is -9.70. The van der Waals surface area contributed by atoms with E-state index in [2.05, 4.69) is 10.2 Å². The molecule has 0 aliphatic heterocycles. The molecule has 180 valence electrons. The third kappa shape index (κ3) is 4.54. The van der Waals surface area contributed by atoms with E-state index in [1.807, 2.05) is 0 Å². The summed E-state index contributed by atoms with van der Waals surface area (Å²) in [5.41, 5.74) is 3.89. The van der Waals surface area contributed by atoms with Crippen molar-refractivity contribution < 1.29 is 35.8 Å². The highest BCUT2D eigenvalue weighted by atomic mass is 32.2. The number of pyridine rings is 1. The van der Waals surface area contributed by atoms with Crippen molar-refractivity contribution in [3.63, 3.8) is 0 Å². The summed E-state index contributed by atoms with van der Waals surface area (Å²) in [5.74, 6) is -1.61. The molecule has 15 heteroatoms. The van der Waals surface area contributed by atoms with Crippen molar-refractivity contribution >= 4 is 48.3 Å². The summed E-state index contributed by atoms with van der Waals surface area (Å²) in [4.78, 5) is 22.9. The Labute approximate surface area is 192 Å². The molecule has 0 saturated heterocycles. The molecule has 1 heterocycles. The molecule has 0 aliphatic rings. The molecule has 0 fully saturated rings. The lowest BCUT2D eigenvalue weighted by atomic mass is 10.1. The van der Waals surface area contributed by atoms with Gasteiger partial charge in [-0.05, 0) is 43.5 Å². The minimum absolute atomic E-state index is 0.00244. The van der Waals surface area contributed by atoms with Gasteiger partial charge in [0.1, 0.15) is 10.5 Å². The average Bonchev–Trinajstić information content (AvgIpc) is 2.71. The first-order valence-corrected chi connectivity index (χ1v) is 12.3. The van der Waals surface area contributed by atoms with Gasteiger partial charge in [-0.1, -0.05) is 6.07 Å². The van der Waals surface area contributed by atoms with Gasteiger partial charge in [-0.15, -0.1) is 5.11 Å². The molecule has 34 heavy (non-hydrogen) atoms. The largest absolute Gasteiger partial charge is 0.494 e. The molecule has 0 aliphatic carbocycles. The van der Waals surface area contributed by atoms with Gasteiger partial charge in [0.2, 0.25) is 5.88 Å². The number of aromatic nitrogens is 1. The van der Waals surface area contributed by atoms with E-state index in [1.54, 1.807) is 6.92 Å². The molecule has 3 rings (SSSR count). The van der Waals surface area contributed by atoms with Crippen LogP contribution in [0.15, 0.2) is 55.1 Å². The molecule has 1 aromatic heterocycles. The molecule has 0 atom stereocenters. The molecule has 0 radical (unpaired) electrons. The zero-order valence-corrected chi connectivity index (χ0v) is 19.3. The first-order valence-electron chi connectivity index (χ1n) is 9.37. The first kappa shape index (κ1) is 25.0. The Balaban J connectivity index is 2.25. The topological polar surface area (TPSA) is 219 Å². The average molecular weight is 511 g/mol. The van der Waals surface area contributed by atoms with Crippen molar-refractivity contribution in [2.24, 2.45) is 16.0 Å². The van der Waals surface area contributed by atoms with Crippen molar-refractivity contribution in [3.05, 3.63) is 51.8 Å². The van der Waals surface area contributed by atoms with E-state index >= 15 is 0 Å². The maximum absolute atomic E-state index is 12.7. The minimum atomic E-state index is -4.92. The van der Waals surface area contributed by atoms with E-state index in [-0.39, 0.29) is 39.8 Å². The van der Waals surface area contributed by atoms with Gasteiger partial charge >= 0.3 is 0 Å². The van der Waals surface area contributed by atoms with Crippen LogP contribution in [0.2, 0.25) is 0 Å². The van der Waals surface area contributed by atoms with Crippen LogP contribution in [-0.2, 0) is 26.8 Å². The van der Waals surface area contributed by atoms with E-state index in [1.165, 1.54) is 19.1 Å². The van der Waals surface area contributed by atoms with Gasteiger partial charge < -0.3 is 10.8 Å². The lowest BCUT2D eigenvalue weighted by Crippen LogP contribution is -2.25. The van der Waals surface area contributed by atoms with Gasteiger partial charge in [0.25, 0.3) is 31.7 Å². The van der Waals surface area contributed by atoms with Gasteiger partial charge in [0.05, 0.1) is 10.6 Å². The Morgan fingerprint density at radius 1 is 1.06 bits per heavy atom. The number of fused-ring (bicyclic) bond motifs is 1. The minimum Gasteiger partial charge on any atom is -0.494 e. The van der Waals surface area contributed by atoms with Crippen LogP contribution in [0, 0.1) is 6.92 Å². The van der Waals surface area contributed by atoms with Gasteiger partial charge in [0.15, 0.2) is 5.69 Å². The maximum Gasteiger partial charge on any atom is 0.295 e. The highest BCUT2D eigenvalue weighted by Crippen LogP contribution is 2.32. The number of aromatic hydroxyl groups is 1. The number of azo groups is 1. The third-order valence-corrected chi connectivity index (χ3v) is 6.66. The molecule has 0 spiro atoms. The normalized spacial score (nSPS) is 12.5. The molecular formula is C19H18N4O9S2. The van der Waals surface area contributed by atoms with Crippen molar-refractivity contribution in [1.82, 2.24) is 4.57 Å². The lowest BCUT2D eigenvalue weighted by molar-refractivity contribution is 0.0995. The van der Waals surface area contributed by atoms with Crippen molar-refractivity contribution in [3.8, 4) is 5.88 Å². The van der Waals surface area contributed by atoms with Crippen LogP contribution in [0.5, 0.6) is 5.88 Å². The highest BCUT2D eigenvalue weighted by molar-refractivity contribution is 7.86. The van der Waals surface area contributed by atoms with Gasteiger partial charge in [-0.3, -0.25) is 23.3 Å². The fourth-order valence-corrected chi connectivity index (χ4v) is 4.68. The fourth-order valence-electron chi connectivity index (χ4n) is 3.33. The SMILES string of the molecule is CCn1c(O)c(C(N)=O)c(C)c(N=Nc2ccc3cc(S(=O)(=O)O)cc(S(=O)(=O)O)c3c2)c1=O. The number of hydrogen-bond donors (Lipinski definition) is 4. The van der Waals surface area contributed by atoms with Crippen LogP contribution >= 0.6 is 0 Å². The summed E-state index contributed by atoms with van der Waals surface area (Å²) in [6, 6.07) is 5.28. The van der Waals surface area contributed by atoms with E-state index in [9.17, 15) is 40.6 Å². The summed E-state index contributed by atoms with van der Waals surface area (Å²) >= 11 is 0. The van der Waals surface area contributed by atoms with Gasteiger partial charge in [-0.25, -0.2) is 0 Å². The van der Waals surface area contributed by atoms with Gasteiger partial charge in [0, 0.05) is 17.5 Å². The molecule has 13 nitrogen and oxygen atoms in total. The molecule has 5 N–H and O–H groups in total. The molecule has 0 unspecified atom stereocenters. The van der Waals surface area contributed by atoms with E-state index in [4.69, 9.17) is 5.73 Å². The zero-order chi connectivity index (χ0) is 25.6. The number of hydrogen-bond acceptors (Lipinski definition) is 9. The number of carbonyl (C=O) groups is 1. The standard InChI is InChI=1S/C19H18N4O9S2/c1-3-23-18(25)15(17(20)24)9(2)16(19(23)26)22-21-11-5-4-10-6-12(33(27,28)29)8-14(13(10)7-11)34(30,31)32/h4-8,25H,3H2,1-2H3,(H2,20,24)(H,27,28,29)(H,30,31,32). The fraction of sp³-hybridized carbons (Fsp3) is 0.158. The Morgan fingerprint density at radius 3 is 2.24 bits per heavy atom. The van der Waals surface area contributed by atoms with Crippen LogP contribution in [0.25, 0.3) is 10.8 Å². The molecule has 1 amide bonds. The predicted molar refractivity (Wildman–Crippen MR) is 119 cm³/mol. The van der Waals surface area contributed by atoms with Crippen LogP contribution in [0.3, 0.4) is 0 Å². The Morgan fingerprint density at radius 2 is 1.71 bits per heavy atom. The van der Waals surface area contributed by atoms with Crippen molar-refractivity contribution in [1.29, 1.82) is 0 Å². The second kappa shape index (κ2) is 8.60. The Kier molecular flexibility index (Phi) is 6.32.